The second kappa shape index (κ2) is 32.9. The van der Waals surface area contributed by atoms with Crippen LogP contribution in [0.4, 0.5) is 0 Å². The molecule has 0 bridgehead atoms. The summed E-state index contributed by atoms with van der Waals surface area (Å²) in [5.41, 5.74) is 0. The summed E-state index contributed by atoms with van der Waals surface area (Å²) in [5, 5.41) is 17.5. The van der Waals surface area contributed by atoms with Gasteiger partial charge in [0.05, 0.1) is 0 Å². The van der Waals surface area contributed by atoms with E-state index in [0.29, 0.717) is 13.2 Å². The van der Waals surface area contributed by atoms with Gasteiger partial charge in [0.1, 0.15) is 0 Å². The zero-order valence-corrected chi connectivity index (χ0v) is 23.5. The van der Waals surface area contributed by atoms with Gasteiger partial charge >= 0.3 is 0 Å². The zero-order chi connectivity index (χ0) is 24.6. The van der Waals surface area contributed by atoms with Gasteiger partial charge in [0.15, 0.2) is 0 Å². The molecule has 0 aliphatic heterocycles. The Morgan fingerprint density at radius 3 is 0.324 bits per heavy atom. The van der Waals surface area contributed by atoms with Crippen LogP contribution >= 0.6 is 0 Å². The molecule has 2 heteroatoms. The average Bonchev–Trinajstić information content (AvgIpc) is 2.85. The van der Waals surface area contributed by atoms with Crippen LogP contribution in [-0.4, -0.2) is 23.4 Å². The summed E-state index contributed by atoms with van der Waals surface area (Å²) < 4.78 is 0. The molecular weight excluding hydrogens is 416 g/mol. The molecule has 206 valence electrons. The van der Waals surface area contributed by atoms with Gasteiger partial charge in [-0.05, 0) is 12.8 Å². The van der Waals surface area contributed by atoms with Gasteiger partial charge in [0.25, 0.3) is 0 Å². The molecule has 0 rings (SSSR count). The Morgan fingerprint density at radius 1 is 0.147 bits per heavy atom. The molecule has 2 N–H and O–H groups in total. The van der Waals surface area contributed by atoms with E-state index in [0.717, 1.165) is 12.8 Å². The van der Waals surface area contributed by atoms with Gasteiger partial charge in [-0.25, -0.2) is 0 Å². The maximum absolute atomic E-state index is 8.77. The monoisotopic (exact) mass is 483 g/mol. The first kappa shape index (κ1) is 33.9. The van der Waals surface area contributed by atoms with Crippen molar-refractivity contribution in [1.82, 2.24) is 0 Å². The maximum atomic E-state index is 8.77. The Bertz CT molecular complexity index is 299. The smallest absolute Gasteiger partial charge is 0.0431 e. The highest BCUT2D eigenvalue weighted by atomic mass is 16.3. The highest BCUT2D eigenvalue weighted by molar-refractivity contribution is 4.52. The number of rotatable bonds is 31. The summed E-state index contributed by atoms with van der Waals surface area (Å²) in [5.74, 6) is 0. The molecule has 0 aromatic carbocycles. The second-order valence-corrected chi connectivity index (χ2v) is 11.1. The molecule has 0 saturated heterocycles. The van der Waals surface area contributed by atoms with E-state index in [-0.39, 0.29) is 0 Å². The fourth-order valence-electron chi connectivity index (χ4n) is 5.17. The van der Waals surface area contributed by atoms with E-state index in [1.54, 1.807) is 0 Å². The number of aliphatic hydroxyl groups is 2. The van der Waals surface area contributed by atoms with Crippen LogP contribution in [0.1, 0.15) is 193 Å². The SMILES string of the molecule is OCCCCCCCCCCCCCCCCCCCCCCCCCCCCCCCCO. The highest BCUT2D eigenvalue weighted by Gasteiger charge is 1.97. The first-order chi connectivity index (χ1) is 16.9. The van der Waals surface area contributed by atoms with Crippen LogP contribution in [0.2, 0.25) is 0 Å². The first-order valence-electron chi connectivity index (χ1n) is 16.1. The standard InChI is InChI=1S/C32H66O2/c33-31-29-27-25-23-21-19-17-15-13-11-9-7-5-3-1-2-4-6-8-10-12-14-16-18-20-22-24-26-28-30-32-34/h33-34H,1-32H2. The van der Waals surface area contributed by atoms with Crippen molar-refractivity contribution in [3.05, 3.63) is 0 Å². The van der Waals surface area contributed by atoms with Gasteiger partial charge in [0.2, 0.25) is 0 Å². The summed E-state index contributed by atoms with van der Waals surface area (Å²) >= 11 is 0. The molecule has 0 saturated carbocycles. The lowest BCUT2D eigenvalue weighted by Crippen LogP contribution is -1.85. The van der Waals surface area contributed by atoms with Crippen molar-refractivity contribution in [1.29, 1.82) is 0 Å². The molecule has 0 aliphatic rings. The van der Waals surface area contributed by atoms with Crippen LogP contribution in [-0.2, 0) is 0 Å². The van der Waals surface area contributed by atoms with Crippen molar-refractivity contribution in [3.8, 4) is 0 Å². The van der Waals surface area contributed by atoms with Crippen molar-refractivity contribution in [2.75, 3.05) is 13.2 Å². The van der Waals surface area contributed by atoms with Gasteiger partial charge in [-0.3, -0.25) is 0 Å². The molecule has 2 nitrogen and oxygen atoms in total. The third-order valence-corrected chi connectivity index (χ3v) is 7.57. The number of hydrogen-bond donors (Lipinski definition) is 2. The molecule has 0 aromatic heterocycles. The summed E-state index contributed by atoms with van der Waals surface area (Å²) in [7, 11) is 0. The van der Waals surface area contributed by atoms with Gasteiger partial charge in [-0.1, -0.05) is 180 Å². The molecular formula is C32H66O2. The van der Waals surface area contributed by atoms with Crippen molar-refractivity contribution >= 4 is 0 Å². The van der Waals surface area contributed by atoms with Crippen LogP contribution in [0.5, 0.6) is 0 Å². The first-order valence-corrected chi connectivity index (χ1v) is 16.1. The largest absolute Gasteiger partial charge is 0.396 e. The average molecular weight is 483 g/mol. The number of unbranched alkanes of at least 4 members (excludes halogenated alkanes) is 29. The minimum Gasteiger partial charge on any atom is -0.396 e. The molecule has 34 heavy (non-hydrogen) atoms. The quantitative estimate of drug-likeness (QED) is 0.0964. The lowest BCUT2D eigenvalue weighted by molar-refractivity contribution is 0.282. The van der Waals surface area contributed by atoms with Crippen LogP contribution in [0.25, 0.3) is 0 Å². The molecule has 0 amide bonds. The molecule has 0 aromatic rings. The topological polar surface area (TPSA) is 40.5 Å². The number of hydrogen-bond acceptors (Lipinski definition) is 2. The fourth-order valence-corrected chi connectivity index (χ4v) is 5.17. The fraction of sp³-hybridized carbons (Fsp3) is 1.00. The predicted octanol–water partition coefficient (Wildman–Crippen LogP) is 10.7. The number of aliphatic hydroxyl groups excluding tert-OH is 2. The predicted molar refractivity (Wildman–Crippen MR) is 153 cm³/mol. The minimum absolute atomic E-state index is 0.371. The van der Waals surface area contributed by atoms with Gasteiger partial charge < -0.3 is 10.2 Å². The lowest BCUT2D eigenvalue weighted by Gasteiger charge is -2.04. The van der Waals surface area contributed by atoms with Gasteiger partial charge in [-0.2, -0.15) is 0 Å². The van der Waals surface area contributed by atoms with Crippen LogP contribution in [0.15, 0.2) is 0 Å². The summed E-state index contributed by atoms with van der Waals surface area (Å²) in [4.78, 5) is 0. The van der Waals surface area contributed by atoms with E-state index in [4.69, 9.17) is 10.2 Å². The molecule has 0 aliphatic carbocycles. The van der Waals surface area contributed by atoms with E-state index in [9.17, 15) is 0 Å². The Labute approximate surface area is 216 Å². The Kier molecular flexibility index (Phi) is 32.8. The Hall–Kier alpha value is -0.0800. The molecule has 0 fully saturated rings. The highest BCUT2D eigenvalue weighted by Crippen LogP contribution is 2.16. The normalized spacial score (nSPS) is 11.5. The summed E-state index contributed by atoms with van der Waals surface area (Å²) in [6.07, 6.45) is 41.7. The summed E-state index contributed by atoms with van der Waals surface area (Å²) in [6, 6.07) is 0. The molecule has 0 heterocycles. The molecule has 0 radical (unpaired) electrons. The Morgan fingerprint density at radius 2 is 0.235 bits per heavy atom. The van der Waals surface area contributed by atoms with E-state index in [1.807, 2.05) is 0 Å². The molecule has 0 unspecified atom stereocenters. The van der Waals surface area contributed by atoms with E-state index in [1.165, 1.54) is 180 Å². The third-order valence-electron chi connectivity index (χ3n) is 7.57. The van der Waals surface area contributed by atoms with Crippen molar-refractivity contribution in [2.45, 2.75) is 193 Å². The van der Waals surface area contributed by atoms with E-state index >= 15 is 0 Å². The molecule has 0 spiro atoms. The van der Waals surface area contributed by atoms with Crippen LogP contribution in [0, 0.1) is 0 Å². The van der Waals surface area contributed by atoms with E-state index < -0.39 is 0 Å². The van der Waals surface area contributed by atoms with Crippen LogP contribution in [0.3, 0.4) is 0 Å². The molecule has 0 atom stereocenters. The third kappa shape index (κ3) is 31.9. The zero-order valence-electron chi connectivity index (χ0n) is 23.5. The van der Waals surface area contributed by atoms with Crippen molar-refractivity contribution < 1.29 is 10.2 Å². The second-order valence-electron chi connectivity index (χ2n) is 11.1. The minimum atomic E-state index is 0.371. The van der Waals surface area contributed by atoms with E-state index in [2.05, 4.69) is 0 Å². The van der Waals surface area contributed by atoms with Crippen molar-refractivity contribution in [2.24, 2.45) is 0 Å². The maximum Gasteiger partial charge on any atom is 0.0431 e. The lowest BCUT2D eigenvalue weighted by atomic mass is 10.0. The van der Waals surface area contributed by atoms with Crippen molar-refractivity contribution in [3.63, 3.8) is 0 Å². The van der Waals surface area contributed by atoms with Gasteiger partial charge in [-0.15, -0.1) is 0 Å². The summed E-state index contributed by atoms with van der Waals surface area (Å²) in [6.45, 7) is 0.742. The Balaban J connectivity index is 2.99. The van der Waals surface area contributed by atoms with Crippen LogP contribution < -0.4 is 0 Å². The van der Waals surface area contributed by atoms with Gasteiger partial charge in [0, 0.05) is 13.2 Å².